The van der Waals surface area contributed by atoms with Gasteiger partial charge in [0.1, 0.15) is 18.0 Å². The van der Waals surface area contributed by atoms with Crippen LogP contribution in [0.5, 0.6) is 0 Å². The number of likely N-dealkylation sites (tertiary alicyclic amines) is 1. The lowest BCUT2D eigenvalue weighted by atomic mass is 9.92. The average Bonchev–Trinajstić information content (AvgIpc) is 3.17. The van der Waals surface area contributed by atoms with Crippen molar-refractivity contribution in [3.05, 3.63) is 41.8 Å². The van der Waals surface area contributed by atoms with Crippen molar-refractivity contribution in [2.24, 2.45) is 17.4 Å². The zero-order valence-corrected chi connectivity index (χ0v) is 16.6. The van der Waals surface area contributed by atoms with Crippen LogP contribution in [0.15, 0.2) is 30.5 Å². The molecule has 0 aliphatic carbocycles. The van der Waals surface area contributed by atoms with Gasteiger partial charge >= 0.3 is 0 Å². The number of carbonyl (C=O) groups excluding carboxylic acids is 1. The molecule has 1 aromatic heterocycles. The van der Waals surface area contributed by atoms with Crippen LogP contribution in [0, 0.1) is 11.7 Å². The first kappa shape index (κ1) is 23.0. The lowest BCUT2D eigenvalue weighted by molar-refractivity contribution is -0.217. The van der Waals surface area contributed by atoms with Gasteiger partial charge in [0.25, 0.3) is 12.3 Å². The van der Waals surface area contributed by atoms with Gasteiger partial charge < -0.3 is 26.6 Å². The second kappa shape index (κ2) is 10.1. The standard InChI is InChI=1S/C19H25F3N6O3/c20-12-1-3-13(4-2-12)25-18-14(17(24)29)9-28(26-18)15-5-6-27(8-11(15)7-23)19(30)31-10-16(21)22/h1-4,9,11,15-16,19,30H,5-8,10,23H2,(H2,24,29)(H,25,26)/t11-,15-,19-/m1/s1. The summed E-state index contributed by atoms with van der Waals surface area (Å²) < 4.78 is 44.1. The highest BCUT2D eigenvalue weighted by molar-refractivity contribution is 5.98. The maximum atomic E-state index is 13.1. The zero-order chi connectivity index (χ0) is 22.5. The minimum Gasteiger partial charge on any atom is -0.365 e. The molecule has 1 aromatic carbocycles. The largest absolute Gasteiger partial charge is 0.365 e. The SMILES string of the molecule is NC[C@@H]1CN([C@H](O)OCC(F)F)CC[C@H]1n1cc(C(N)=O)c(Nc2ccc(F)cc2)n1. The van der Waals surface area contributed by atoms with E-state index < -0.39 is 31.2 Å². The van der Waals surface area contributed by atoms with Crippen LogP contribution in [0.4, 0.5) is 24.7 Å². The highest BCUT2D eigenvalue weighted by Crippen LogP contribution is 2.30. The van der Waals surface area contributed by atoms with Crippen LogP contribution in [-0.4, -0.2) is 64.8 Å². The number of alkyl halides is 2. The number of rotatable bonds is 9. The molecule has 170 valence electrons. The number of hydrogen-bond donors (Lipinski definition) is 4. The van der Waals surface area contributed by atoms with Crippen molar-refractivity contribution in [1.82, 2.24) is 14.7 Å². The summed E-state index contributed by atoms with van der Waals surface area (Å²) >= 11 is 0. The molecule has 6 N–H and O–H groups in total. The summed E-state index contributed by atoms with van der Waals surface area (Å²) in [5, 5.41) is 17.4. The third-order valence-electron chi connectivity index (χ3n) is 5.16. The Morgan fingerprint density at radius 3 is 2.68 bits per heavy atom. The number of nitrogens with two attached hydrogens (primary N) is 2. The molecule has 0 saturated carbocycles. The summed E-state index contributed by atoms with van der Waals surface area (Å²) in [6.45, 7) is -0.000722. The second-order valence-electron chi connectivity index (χ2n) is 7.26. The van der Waals surface area contributed by atoms with Gasteiger partial charge in [-0.1, -0.05) is 0 Å². The van der Waals surface area contributed by atoms with E-state index in [2.05, 4.69) is 10.4 Å². The number of benzene rings is 1. The Balaban J connectivity index is 1.75. The van der Waals surface area contributed by atoms with Crippen LogP contribution >= 0.6 is 0 Å². The first-order valence-corrected chi connectivity index (χ1v) is 9.72. The van der Waals surface area contributed by atoms with Crippen LogP contribution in [0.1, 0.15) is 22.8 Å². The van der Waals surface area contributed by atoms with E-state index in [9.17, 15) is 23.1 Å². The quantitative estimate of drug-likeness (QED) is 0.430. The van der Waals surface area contributed by atoms with Crippen molar-refractivity contribution in [2.75, 3.05) is 31.6 Å². The Labute approximate surface area is 176 Å². The molecular weight excluding hydrogens is 417 g/mol. The Kier molecular flexibility index (Phi) is 7.49. The molecule has 31 heavy (non-hydrogen) atoms. The number of primary amides is 1. The van der Waals surface area contributed by atoms with E-state index in [-0.39, 0.29) is 36.4 Å². The van der Waals surface area contributed by atoms with E-state index in [1.165, 1.54) is 35.4 Å². The monoisotopic (exact) mass is 442 g/mol. The highest BCUT2D eigenvalue weighted by atomic mass is 19.3. The number of amides is 1. The number of hydrogen-bond acceptors (Lipinski definition) is 7. The van der Waals surface area contributed by atoms with E-state index in [4.69, 9.17) is 16.2 Å². The van der Waals surface area contributed by atoms with Crippen molar-refractivity contribution in [3.8, 4) is 0 Å². The van der Waals surface area contributed by atoms with Crippen molar-refractivity contribution < 1.29 is 27.8 Å². The summed E-state index contributed by atoms with van der Waals surface area (Å²) in [6, 6.07) is 5.32. The Bertz CT molecular complexity index is 879. The number of anilines is 2. The molecule has 2 aromatic rings. The second-order valence-corrected chi connectivity index (χ2v) is 7.26. The minimum atomic E-state index is -2.68. The molecule has 3 rings (SSSR count). The number of aliphatic hydroxyl groups excluding tert-OH is 1. The van der Waals surface area contributed by atoms with Gasteiger partial charge in [-0.05, 0) is 37.2 Å². The lowest BCUT2D eigenvalue weighted by Gasteiger charge is -2.39. The molecule has 1 amide bonds. The van der Waals surface area contributed by atoms with Gasteiger partial charge in [0.2, 0.25) is 6.41 Å². The third kappa shape index (κ3) is 5.73. The smallest absolute Gasteiger partial charge is 0.261 e. The maximum absolute atomic E-state index is 13.1. The van der Waals surface area contributed by atoms with Gasteiger partial charge in [0, 0.05) is 30.9 Å². The molecular formula is C19H25F3N6O3. The van der Waals surface area contributed by atoms with E-state index >= 15 is 0 Å². The number of halogens is 3. The van der Waals surface area contributed by atoms with Crippen LogP contribution in [0.25, 0.3) is 0 Å². The van der Waals surface area contributed by atoms with Crippen molar-refractivity contribution >= 4 is 17.4 Å². The molecule has 1 fully saturated rings. The van der Waals surface area contributed by atoms with Crippen molar-refractivity contribution in [3.63, 3.8) is 0 Å². The number of nitrogens with zero attached hydrogens (tertiary/aromatic N) is 3. The molecule has 0 radical (unpaired) electrons. The lowest BCUT2D eigenvalue weighted by Crippen LogP contribution is -2.49. The molecule has 1 saturated heterocycles. The Hall–Kier alpha value is -2.67. The summed E-state index contributed by atoms with van der Waals surface area (Å²) in [5.41, 5.74) is 12.1. The molecule has 3 atom stereocenters. The minimum absolute atomic E-state index is 0.155. The summed E-state index contributed by atoms with van der Waals surface area (Å²) in [6.07, 6.45) is -2.15. The number of nitrogens with one attached hydrogen (secondary N) is 1. The number of piperidine rings is 1. The number of aromatic nitrogens is 2. The molecule has 2 heterocycles. The van der Waals surface area contributed by atoms with Crippen molar-refractivity contribution in [1.29, 1.82) is 0 Å². The maximum Gasteiger partial charge on any atom is 0.261 e. The molecule has 0 spiro atoms. The predicted octanol–water partition coefficient (Wildman–Crippen LogP) is 1.24. The summed E-state index contributed by atoms with van der Waals surface area (Å²) in [7, 11) is 0. The number of ether oxygens (including phenoxy) is 1. The number of carbonyl (C=O) groups is 1. The van der Waals surface area contributed by atoms with Crippen LogP contribution in [0.2, 0.25) is 0 Å². The average molecular weight is 442 g/mol. The topological polar surface area (TPSA) is 132 Å². The molecule has 1 aliphatic heterocycles. The van der Waals surface area contributed by atoms with E-state index in [0.717, 1.165) is 0 Å². The van der Waals surface area contributed by atoms with Crippen LogP contribution in [0.3, 0.4) is 0 Å². The third-order valence-corrected chi connectivity index (χ3v) is 5.16. The van der Waals surface area contributed by atoms with E-state index in [1.807, 2.05) is 0 Å². The fourth-order valence-corrected chi connectivity index (χ4v) is 3.60. The Morgan fingerprint density at radius 1 is 1.35 bits per heavy atom. The molecule has 12 heteroatoms. The van der Waals surface area contributed by atoms with Gasteiger partial charge in [-0.2, -0.15) is 5.10 Å². The molecule has 9 nitrogen and oxygen atoms in total. The molecule has 0 unspecified atom stereocenters. The molecule has 0 bridgehead atoms. The van der Waals surface area contributed by atoms with Gasteiger partial charge in [-0.3, -0.25) is 14.4 Å². The molecule has 1 aliphatic rings. The fourth-order valence-electron chi connectivity index (χ4n) is 3.60. The summed E-state index contributed by atoms with van der Waals surface area (Å²) in [5.74, 6) is -1.06. The highest BCUT2D eigenvalue weighted by Gasteiger charge is 2.34. The Morgan fingerprint density at radius 2 is 2.06 bits per heavy atom. The van der Waals surface area contributed by atoms with Gasteiger partial charge in [0.05, 0.1) is 6.04 Å². The van der Waals surface area contributed by atoms with Crippen LogP contribution in [-0.2, 0) is 4.74 Å². The number of aliphatic hydroxyl groups is 1. The first-order valence-electron chi connectivity index (χ1n) is 9.72. The normalized spacial score (nSPS) is 20.7. The summed E-state index contributed by atoms with van der Waals surface area (Å²) in [4.78, 5) is 13.4. The predicted molar refractivity (Wildman–Crippen MR) is 106 cm³/mol. The first-order chi connectivity index (χ1) is 14.8. The van der Waals surface area contributed by atoms with Crippen molar-refractivity contribution in [2.45, 2.75) is 25.3 Å². The fraction of sp³-hybridized carbons (Fsp3) is 0.474. The van der Waals surface area contributed by atoms with Gasteiger partial charge in [-0.25, -0.2) is 13.2 Å². The zero-order valence-electron chi connectivity index (χ0n) is 16.6. The van der Waals surface area contributed by atoms with E-state index in [1.54, 1.807) is 4.68 Å². The van der Waals surface area contributed by atoms with E-state index in [0.29, 0.717) is 18.7 Å². The van der Waals surface area contributed by atoms with Crippen LogP contribution < -0.4 is 16.8 Å². The van der Waals surface area contributed by atoms with Gasteiger partial charge in [-0.15, -0.1) is 0 Å². The van der Waals surface area contributed by atoms with Gasteiger partial charge in [0.15, 0.2) is 5.82 Å².